The van der Waals surface area contributed by atoms with E-state index in [1.54, 1.807) is 12.0 Å². The van der Waals surface area contributed by atoms with Crippen LogP contribution in [-0.4, -0.2) is 68.9 Å². The molecule has 1 saturated heterocycles. The molecule has 3 rings (SSSR count). The summed E-state index contributed by atoms with van der Waals surface area (Å²) in [4.78, 5) is 16.2. The van der Waals surface area contributed by atoms with Crippen LogP contribution in [0.1, 0.15) is 24.0 Å². The van der Waals surface area contributed by atoms with Gasteiger partial charge in [-0.05, 0) is 35.6 Å². The van der Waals surface area contributed by atoms with Crippen molar-refractivity contribution in [2.45, 2.75) is 18.9 Å². The van der Waals surface area contributed by atoms with Crippen LogP contribution in [0.3, 0.4) is 0 Å². The van der Waals surface area contributed by atoms with Gasteiger partial charge in [-0.2, -0.15) is 0 Å². The van der Waals surface area contributed by atoms with Gasteiger partial charge in [-0.3, -0.25) is 4.90 Å². The molecule has 1 aliphatic heterocycles. The maximum Gasteiger partial charge on any atom is 0.409 e. The average Bonchev–Trinajstić information content (AvgIpc) is 2.60. The van der Waals surface area contributed by atoms with E-state index in [4.69, 9.17) is 9.47 Å². The monoisotopic (exact) mass is 366 g/mol. The first-order chi connectivity index (χ1) is 11.7. The first-order valence-corrected chi connectivity index (χ1v) is 8.60. The number of nitrogens with zero attached hydrogens (tertiary/aromatic N) is 2. The van der Waals surface area contributed by atoms with Crippen molar-refractivity contribution >= 4 is 30.1 Å². The predicted molar refractivity (Wildman–Crippen MR) is 102 cm³/mol. The van der Waals surface area contributed by atoms with Crippen molar-refractivity contribution in [1.29, 1.82) is 0 Å². The van der Waals surface area contributed by atoms with Crippen LogP contribution in [0.2, 0.25) is 0 Å². The molecule has 0 N–H and O–H groups in total. The normalized spacial score (nSPS) is 17.0. The summed E-state index contributed by atoms with van der Waals surface area (Å²) in [7, 11) is 3.43. The van der Waals surface area contributed by atoms with Crippen LogP contribution in [0.15, 0.2) is 24.3 Å². The summed E-state index contributed by atoms with van der Waals surface area (Å²) in [6.45, 7) is 3.78. The van der Waals surface area contributed by atoms with Crippen molar-refractivity contribution in [3.05, 3.63) is 35.4 Å². The molecule has 0 unspecified atom stereocenters. The van der Waals surface area contributed by atoms with Gasteiger partial charge in [-0.25, -0.2) is 4.79 Å². The summed E-state index contributed by atoms with van der Waals surface area (Å²) in [5, 5.41) is 0. The molecule has 25 heavy (non-hydrogen) atoms. The van der Waals surface area contributed by atoms with E-state index in [2.05, 4.69) is 35.2 Å². The van der Waals surface area contributed by atoms with Crippen molar-refractivity contribution in [2.75, 3.05) is 47.0 Å². The standard InChI is InChI=1S/C19H26N2O3.ClH/c1-20(19(22)24-12-11-23-2)17-7-9-21(10-8-17)14-16-13-15-5-3-4-6-18(15)16;/h3-6,13,17H,7-12,14H2,1-2H3;1H. The molecule has 6 heteroatoms. The van der Waals surface area contributed by atoms with Gasteiger partial charge in [-0.1, -0.05) is 24.3 Å². The molecular weight excluding hydrogens is 340 g/mol. The molecule has 1 aromatic rings. The van der Waals surface area contributed by atoms with Crippen molar-refractivity contribution < 1.29 is 14.3 Å². The fraction of sp³-hybridized carbons (Fsp3) is 0.526. The van der Waals surface area contributed by atoms with Crippen LogP contribution in [0.4, 0.5) is 4.79 Å². The Morgan fingerprint density at radius 1 is 1.24 bits per heavy atom. The van der Waals surface area contributed by atoms with E-state index in [-0.39, 0.29) is 24.5 Å². The first kappa shape index (κ1) is 19.8. The molecule has 0 atom stereocenters. The minimum atomic E-state index is -0.249. The minimum Gasteiger partial charge on any atom is -0.447 e. The number of fused-ring (bicyclic) bond motifs is 1. The number of methoxy groups -OCH3 is 1. The van der Waals surface area contributed by atoms with E-state index < -0.39 is 0 Å². The quantitative estimate of drug-likeness (QED) is 0.725. The van der Waals surface area contributed by atoms with Crippen molar-refractivity contribution in [3.63, 3.8) is 0 Å². The number of piperidine rings is 1. The van der Waals surface area contributed by atoms with Crippen LogP contribution in [0.25, 0.3) is 11.6 Å². The molecule has 0 bridgehead atoms. The van der Waals surface area contributed by atoms with Crippen molar-refractivity contribution in [1.82, 2.24) is 9.80 Å². The van der Waals surface area contributed by atoms with Gasteiger partial charge in [-0.15, -0.1) is 12.4 Å². The Labute approximate surface area is 156 Å². The summed E-state index contributed by atoms with van der Waals surface area (Å²) in [5.74, 6) is 0. The van der Waals surface area contributed by atoms with Gasteiger partial charge in [0.15, 0.2) is 0 Å². The zero-order valence-electron chi connectivity index (χ0n) is 14.9. The van der Waals surface area contributed by atoms with E-state index in [9.17, 15) is 4.79 Å². The number of amides is 1. The zero-order chi connectivity index (χ0) is 16.9. The van der Waals surface area contributed by atoms with Gasteiger partial charge in [0.1, 0.15) is 6.61 Å². The zero-order valence-corrected chi connectivity index (χ0v) is 15.8. The molecule has 2 aliphatic rings. The number of benzene rings is 1. The fourth-order valence-corrected chi connectivity index (χ4v) is 3.40. The molecule has 138 valence electrons. The number of rotatable bonds is 6. The third-order valence-corrected chi connectivity index (χ3v) is 4.94. The average molecular weight is 367 g/mol. The van der Waals surface area contributed by atoms with E-state index >= 15 is 0 Å². The predicted octanol–water partition coefficient (Wildman–Crippen LogP) is 3.14. The highest BCUT2D eigenvalue weighted by atomic mass is 35.5. The molecule has 0 aromatic heterocycles. The third-order valence-electron chi connectivity index (χ3n) is 4.94. The van der Waals surface area contributed by atoms with E-state index in [0.717, 1.165) is 32.5 Å². The second-order valence-corrected chi connectivity index (χ2v) is 6.48. The summed E-state index contributed by atoms with van der Waals surface area (Å²) in [6, 6.07) is 8.80. The molecule has 1 fully saturated rings. The topological polar surface area (TPSA) is 42.0 Å². The maximum atomic E-state index is 12.0. The van der Waals surface area contributed by atoms with E-state index in [0.29, 0.717) is 13.2 Å². The number of hydrogen-bond acceptors (Lipinski definition) is 4. The highest BCUT2D eigenvalue weighted by Gasteiger charge is 2.27. The van der Waals surface area contributed by atoms with Crippen LogP contribution >= 0.6 is 12.4 Å². The maximum absolute atomic E-state index is 12.0. The van der Waals surface area contributed by atoms with Crippen LogP contribution in [-0.2, 0) is 9.47 Å². The number of carbonyl (C=O) groups is 1. The lowest BCUT2D eigenvalue weighted by Gasteiger charge is -2.37. The van der Waals surface area contributed by atoms with E-state index in [1.165, 1.54) is 16.7 Å². The lowest BCUT2D eigenvalue weighted by molar-refractivity contribution is 0.0581. The molecular formula is C19H27ClN2O3. The van der Waals surface area contributed by atoms with Crippen LogP contribution < -0.4 is 0 Å². The van der Waals surface area contributed by atoms with Crippen LogP contribution in [0.5, 0.6) is 0 Å². The Hall–Kier alpha value is -1.56. The van der Waals surface area contributed by atoms with Crippen molar-refractivity contribution in [2.24, 2.45) is 0 Å². The minimum absolute atomic E-state index is 0. The molecule has 0 saturated carbocycles. The Morgan fingerprint density at radius 2 is 1.96 bits per heavy atom. The number of hydrogen-bond donors (Lipinski definition) is 0. The molecule has 1 aromatic carbocycles. The van der Waals surface area contributed by atoms with Gasteiger partial charge in [0, 0.05) is 39.8 Å². The second kappa shape index (κ2) is 9.22. The lowest BCUT2D eigenvalue weighted by Crippen LogP contribution is -2.46. The third kappa shape index (κ3) is 4.75. The highest BCUT2D eigenvalue weighted by molar-refractivity contribution is 5.96. The molecule has 5 nitrogen and oxygen atoms in total. The number of carbonyl (C=O) groups excluding carboxylic acids is 1. The molecule has 1 aliphatic carbocycles. The van der Waals surface area contributed by atoms with Gasteiger partial charge >= 0.3 is 6.09 Å². The Kier molecular flexibility index (Phi) is 7.29. The summed E-state index contributed by atoms with van der Waals surface area (Å²) in [6.07, 6.45) is 4.01. The molecule has 0 radical (unpaired) electrons. The lowest BCUT2D eigenvalue weighted by atomic mass is 9.88. The molecule has 1 amide bonds. The van der Waals surface area contributed by atoms with Gasteiger partial charge in [0.05, 0.1) is 6.61 Å². The molecule has 0 spiro atoms. The van der Waals surface area contributed by atoms with E-state index in [1.807, 2.05) is 7.05 Å². The summed E-state index contributed by atoms with van der Waals surface area (Å²) >= 11 is 0. The largest absolute Gasteiger partial charge is 0.447 e. The summed E-state index contributed by atoms with van der Waals surface area (Å²) < 4.78 is 10.1. The fourth-order valence-electron chi connectivity index (χ4n) is 3.40. The highest BCUT2D eigenvalue weighted by Crippen LogP contribution is 2.33. The van der Waals surface area contributed by atoms with Crippen molar-refractivity contribution in [3.8, 4) is 0 Å². The number of ether oxygens (including phenoxy) is 2. The Bertz CT molecular complexity index is 612. The summed E-state index contributed by atoms with van der Waals surface area (Å²) in [5.41, 5.74) is 4.16. The Balaban J connectivity index is 0.00000225. The first-order valence-electron chi connectivity index (χ1n) is 8.60. The number of halogens is 1. The molecule has 1 heterocycles. The Morgan fingerprint density at radius 3 is 2.64 bits per heavy atom. The van der Waals surface area contributed by atoms with Gasteiger partial charge < -0.3 is 14.4 Å². The van der Waals surface area contributed by atoms with Gasteiger partial charge in [0.2, 0.25) is 0 Å². The number of likely N-dealkylation sites (tertiary alicyclic amines) is 1. The second-order valence-electron chi connectivity index (χ2n) is 6.48. The van der Waals surface area contributed by atoms with Crippen LogP contribution in [0, 0.1) is 0 Å². The smallest absolute Gasteiger partial charge is 0.409 e. The van der Waals surface area contributed by atoms with Gasteiger partial charge in [0.25, 0.3) is 0 Å². The SMILES string of the molecule is COCCOC(=O)N(C)C1CCN(CC2=Cc3ccccc32)CC1.Cl.